The zero-order valence-electron chi connectivity index (χ0n) is 11.1. The van der Waals surface area contributed by atoms with Crippen LogP contribution in [0.15, 0.2) is 27.8 Å². The zero-order valence-corrected chi connectivity index (χ0v) is 13.5. The van der Waals surface area contributed by atoms with Gasteiger partial charge >= 0.3 is 5.97 Å². The number of hydrogen-bond acceptors (Lipinski definition) is 6. The lowest BCUT2D eigenvalue weighted by Gasteiger charge is -1.99. The molecule has 5 nitrogen and oxygen atoms in total. The van der Waals surface area contributed by atoms with Gasteiger partial charge in [0.25, 0.3) is 5.22 Å². The Morgan fingerprint density at radius 2 is 2.19 bits per heavy atom. The molecule has 0 spiro atoms. The fraction of sp³-hybridized carbons (Fsp3) is 0.308. The predicted octanol–water partition coefficient (Wildman–Crippen LogP) is 4.09. The molecule has 0 aliphatic heterocycles. The Balaban J connectivity index is 1.93. The number of aromatic nitrogens is 2. The molecule has 21 heavy (non-hydrogen) atoms. The van der Waals surface area contributed by atoms with Crippen molar-refractivity contribution in [2.75, 3.05) is 12.9 Å². The van der Waals surface area contributed by atoms with E-state index in [4.69, 9.17) is 27.6 Å². The second-order valence-corrected chi connectivity index (χ2v) is 5.92. The van der Waals surface area contributed by atoms with Crippen LogP contribution in [-0.4, -0.2) is 29.0 Å². The van der Waals surface area contributed by atoms with E-state index in [1.807, 2.05) is 0 Å². The molecule has 0 fully saturated rings. The summed E-state index contributed by atoms with van der Waals surface area (Å²) in [6.45, 7) is 0. The van der Waals surface area contributed by atoms with E-state index in [0.29, 0.717) is 45.3 Å². The van der Waals surface area contributed by atoms with Gasteiger partial charge in [0.15, 0.2) is 0 Å². The monoisotopic (exact) mass is 346 g/mol. The largest absolute Gasteiger partial charge is 0.469 e. The highest BCUT2D eigenvalue weighted by Crippen LogP contribution is 2.31. The van der Waals surface area contributed by atoms with E-state index < -0.39 is 0 Å². The smallest absolute Gasteiger partial charge is 0.305 e. The first-order valence-corrected chi connectivity index (χ1v) is 7.83. The van der Waals surface area contributed by atoms with Crippen LogP contribution < -0.4 is 0 Å². The minimum Gasteiger partial charge on any atom is -0.469 e. The summed E-state index contributed by atoms with van der Waals surface area (Å²) >= 11 is 13.3. The molecule has 0 aliphatic carbocycles. The fourth-order valence-electron chi connectivity index (χ4n) is 1.52. The second kappa shape index (κ2) is 7.68. The van der Waals surface area contributed by atoms with Crippen LogP contribution in [-0.2, 0) is 9.53 Å². The molecule has 1 aromatic heterocycles. The molecule has 0 radical (unpaired) electrons. The van der Waals surface area contributed by atoms with Crippen molar-refractivity contribution in [1.29, 1.82) is 0 Å². The van der Waals surface area contributed by atoms with E-state index in [1.54, 1.807) is 18.2 Å². The number of benzene rings is 1. The lowest BCUT2D eigenvalue weighted by Crippen LogP contribution is -1.99. The maximum absolute atomic E-state index is 11.0. The summed E-state index contributed by atoms with van der Waals surface area (Å²) in [7, 11) is 1.37. The van der Waals surface area contributed by atoms with Gasteiger partial charge in [0, 0.05) is 17.2 Å². The molecule has 0 saturated carbocycles. The van der Waals surface area contributed by atoms with E-state index in [1.165, 1.54) is 18.9 Å². The third kappa shape index (κ3) is 4.62. The summed E-state index contributed by atoms with van der Waals surface area (Å²) < 4.78 is 10.1. The van der Waals surface area contributed by atoms with Gasteiger partial charge in [-0.25, -0.2) is 0 Å². The molecule has 0 atom stereocenters. The van der Waals surface area contributed by atoms with E-state index in [9.17, 15) is 4.79 Å². The Kier molecular flexibility index (Phi) is 5.90. The first-order valence-electron chi connectivity index (χ1n) is 6.08. The highest BCUT2D eigenvalue weighted by molar-refractivity contribution is 7.99. The Labute approximate surface area is 136 Å². The first-order chi connectivity index (χ1) is 10.1. The number of esters is 1. The van der Waals surface area contributed by atoms with Gasteiger partial charge in [0.05, 0.1) is 17.7 Å². The summed E-state index contributed by atoms with van der Waals surface area (Å²) in [5.41, 5.74) is 0.634. The van der Waals surface area contributed by atoms with Crippen molar-refractivity contribution < 1.29 is 13.9 Å². The molecule has 112 valence electrons. The van der Waals surface area contributed by atoms with Crippen LogP contribution in [0.4, 0.5) is 0 Å². The van der Waals surface area contributed by atoms with Gasteiger partial charge in [0.1, 0.15) is 0 Å². The number of ether oxygens (including phenoxy) is 1. The van der Waals surface area contributed by atoms with Gasteiger partial charge in [-0.3, -0.25) is 4.79 Å². The number of rotatable bonds is 6. The summed E-state index contributed by atoms with van der Waals surface area (Å²) in [4.78, 5) is 11.0. The summed E-state index contributed by atoms with van der Waals surface area (Å²) in [5, 5.41) is 9.31. The Bertz CT molecular complexity index is 634. The molecule has 0 saturated heterocycles. The number of carbonyl (C=O) groups is 1. The third-order valence-electron chi connectivity index (χ3n) is 2.55. The minimum atomic E-state index is -0.227. The molecule has 2 aromatic rings. The topological polar surface area (TPSA) is 65.2 Å². The van der Waals surface area contributed by atoms with Crippen LogP contribution in [0.5, 0.6) is 0 Å². The molecule has 0 N–H and O–H groups in total. The van der Waals surface area contributed by atoms with Gasteiger partial charge < -0.3 is 9.15 Å². The Morgan fingerprint density at radius 3 is 2.90 bits per heavy atom. The third-order valence-corrected chi connectivity index (χ3v) is 4.00. The summed E-state index contributed by atoms with van der Waals surface area (Å²) in [5.74, 6) is 0.798. The first kappa shape index (κ1) is 16.1. The van der Waals surface area contributed by atoms with Crippen molar-refractivity contribution in [1.82, 2.24) is 10.2 Å². The molecule has 0 unspecified atom stereocenters. The maximum Gasteiger partial charge on any atom is 0.305 e. The Morgan fingerprint density at radius 1 is 1.38 bits per heavy atom. The standard InChI is InChI=1S/C13H12Cl2N2O3S/c1-19-11(18)3-2-6-21-13-17-16-12(20-13)9-5-4-8(14)7-10(9)15/h4-5,7H,2-3,6H2,1H3. The normalized spacial score (nSPS) is 10.6. The van der Waals surface area contributed by atoms with Crippen molar-refractivity contribution in [2.45, 2.75) is 18.1 Å². The van der Waals surface area contributed by atoms with Gasteiger partial charge in [-0.1, -0.05) is 35.0 Å². The number of nitrogens with zero attached hydrogens (tertiary/aromatic N) is 2. The highest BCUT2D eigenvalue weighted by Gasteiger charge is 2.12. The van der Waals surface area contributed by atoms with Gasteiger partial charge in [-0.2, -0.15) is 0 Å². The average Bonchev–Trinajstić information content (AvgIpc) is 2.92. The summed E-state index contributed by atoms with van der Waals surface area (Å²) in [6, 6.07) is 5.05. The number of carbonyl (C=O) groups excluding carboxylic acids is 1. The summed E-state index contributed by atoms with van der Waals surface area (Å²) in [6.07, 6.45) is 1.05. The van der Waals surface area contributed by atoms with Crippen LogP contribution in [0.2, 0.25) is 10.0 Å². The van der Waals surface area contributed by atoms with Crippen molar-refractivity contribution in [3.05, 3.63) is 28.2 Å². The number of thioether (sulfide) groups is 1. The quantitative estimate of drug-likeness (QED) is 0.446. The molecule has 1 heterocycles. The van der Waals surface area contributed by atoms with Gasteiger partial charge in [-0.15, -0.1) is 10.2 Å². The molecule has 1 aromatic carbocycles. The molecule has 0 bridgehead atoms. The van der Waals surface area contributed by atoms with Gasteiger partial charge in [-0.05, 0) is 24.6 Å². The molecule has 0 amide bonds. The van der Waals surface area contributed by atoms with E-state index in [-0.39, 0.29) is 5.97 Å². The van der Waals surface area contributed by atoms with Crippen molar-refractivity contribution in [2.24, 2.45) is 0 Å². The average molecular weight is 347 g/mol. The molecule has 2 rings (SSSR count). The number of methoxy groups -OCH3 is 1. The highest BCUT2D eigenvalue weighted by atomic mass is 35.5. The number of hydrogen-bond donors (Lipinski definition) is 0. The van der Waals surface area contributed by atoms with E-state index in [2.05, 4.69) is 14.9 Å². The number of halogens is 2. The molecule has 0 aliphatic rings. The second-order valence-electron chi connectivity index (χ2n) is 4.03. The van der Waals surface area contributed by atoms with Crippen molar-refractivity contribution in [3.63, 3.8) is 0 Å². The lowest BCUT2D eigenvalue weighted by molar-refractivity contribution is -0.140. The molecule has 8 heteroatoms. The van der Waals surface area contributed by atoms with Crippen LogP contribution in [0.3, 0.4) is 0 Å². The lowest BCUT2D eigenvalue weighted by atomic mass is 10.2. The van der Waals surface area contributed by atoms with Crippen LogP contribution >= 0.6 is 35.0 Å². The molecular weight excluding hydrogens is 335 g/mol. The van der Waals surface area contributed by atoms with E-state index in [0.717, 1.165) is 0 Å². The van der Waals surface area contributed by atoms with E-state index >= 15 is 0 Å². The van der Waals surface area contributed by atoms with Crippen molar-refractivity contribution in [3.8, 4) is 11.5 Å². The predicted molar refractivity (Wildman–Crippen MR) is 81.7 cm³/mol. The van der Waals surface area contributed by atoms with Crippen LogP contribution in [0.25, 0.3) is 11.5 Å². The van der Waals surface area contributed by atoms with Crippen molar-refractivity contribution >= 4 is 40.9 Å². The SMILES string of the molecule is COC(=O)CCCSc1nnc(-c2ccc(Cl)cc2Cl)o1. The minimum absolute atomic E-state index is 0.227. The van der Waals surface area contributed by atoms with Crippen LogP contribution in [0, 0.1) is 0 Å². The maximum atomic E-state index is 11.0. The molecular formula is C13H12Cl2N2O3S. The fourth-order valence-corrected chi connectivity index (χ4v) is 2.71. The van der Waals surface area contributed by atoms with Crippen LogP contribution in [0.1, 0.15) is 12.8 Å². The Hall–Kier alpha value is -1.24. The zero-order chi connectivity index (χ0) is 15.2. The van der Waals surface area contributed by atoms with Gasteiger partial charge in [0.2, 0.25) is 5.89 Å².